The Balaban J connectivity index is 1.16. The van der Waals surface area contributed by atoms with Gasteiger partial charge in [0.1, 0.15) is 0 Å². The first-order valence-corrected chi connectivity index (χ1v) is 13.7. The minimum absolute atomic E-state index is 0.0560. The molecule has 0 radical (unpaired) electrons. The molecule has 5 rings (SSSR count). The molecule has 2 N–H and O–H groups in total. The number of carbonyl (C=O) groups excluding carboxylic acids is 1. The highest BCUT2D eigenvalue weighted by atomic mass is 16.3. The van der Waals surface area contributed by atoms with Crippen LogP contribution in [0.1, 0.15) is 72.5 Å². The van der Waals surface area contributed by atoms with Gasteiger partial charge in [0.25, 0.3) is 5.91 Å². The third kappa shape index (κ3) is 5.90. The van der Waals surface area contributed by atoms with Crippen molar-refractivity contribution in [2.24, 2.45) is 5.92 Å². The minimum atomic E-state index is -0.539. The Kier molecular flexibility index (Phi) is 7.74. The number of aliphatic hydroxyl groups excluding tert-OH is 1. The van der Waals surface area contributed by atoms with Gasteiger partial charge in [-0.15, -0.1) is 0 Å². The van der Waals surface area contributed by atoms with Crippen LogP contribution in [0, 0.1) is 5.92 Å². The zero-order valence-corrected chi connectivity index (χ0v) is 21.2. The summed E-state index contributed by atoms with van der Waals surface area (Å²) in [4.78, 5) is 17.5. The minimum Gasteiger partial charge on any atom is -0.390 e. The van der Waals surface area contributed by atoms with Crippen molar-refractivity contribution in [2.75, 3.05) is 31.5 Å². The molecule has 5 nitrogen and oxygen atoms in total. The van der Waals surface area contributed by atoms with Crippen LogP contribution < -0.4 is 5.32 Å². The van der Waals surface area contributed by atoms with E-state index in [2.05, 4.69) is 53.5 Å². The van der Waals surface area contributed by atoms with Crippen LogP contribution in [-0.2, 0) is 19.4 Å². The zero-order chi connectivity index (χ0) is 24.2. The van der Waals surface area contributed by atoms with Crippen molar-refractivity contribution in [3.05, 3.63) is 64.7 Å². The maximum Gasteiger partial charge on any atom is 0.254 e. The van der Waals surface area contributed by atoms with E-state index in [4.69, 9.17) is 0 Å². The summed E-state index contributed by atoms with van der Waals surface area (Å²) in [5, 5.41) is 14.5. The average Bonchev–Trinajstić information content (AvgIpc) is 2.84. The van der Waals surface area contributed by atoms with Crippen molar-refractivity contribution >= 4 is 11.6 Å². The smallest absolute Gasteiger partial charge is 0.254 e. The lowest BCUT2D eigenvalue weighted by Crippen LogP contribution is -2.46. The van der Waals surface area contributed by atoms with Crippen molar-refractivity contribution in [1.29, 1.82) is 0 Å². The summed E-state index contributed by atoms with van der Waals surface area (Å²) in [7, 11) is 0. The summed E-state index contributed by atoms with van der Waals surface area (Å²) in [5.74, 6) is 0.982. The Morgan fingerprint density at radius 3 is 2.60 bits per heavy atom. The van der Waals surface area contributed by atoms with Crippen LogP contribution in [0.4, 0.5) is 5.69 Å². The molecular formula is C30H41N3O2. The fourth-order valence-corrected chi connectivity index (χ4v) is 5.94. The average molecular weight is 476 g/mol. The van der Waals surface area contributed by atoms with Gasteiger partial charge in [0.2, 0.25) is 0 Å². The normalized spacial score (nSPS) is 20.1. The predicted octanol–water partition coefficient (Wildman–Crippen LogP) is 4.87. The van der Waals surface area contributed by atoms with E-state index in [1.807, 2.05) is 11.0 Å². The first kappa shape index (κ1) is 24.3. The fourth-order valence-electron chi connectivity index (χ4n) is 5.94. The van der Waals surface area contributed by atoms with E-state index >= 15 is 0 Å². The van der Waals surface area contributed by atoms with Crippen LogP contribution >= 0.6 is 0 Å². The van der Waals surface area contributed by atoms with Crippen molar-refractivity contribution in [1.82, 2.24) is 9.80 Å². The maximum atomic E-state index is 13.4. The van der Waals surface area contributed by atoms with Gasteiger partial charge in [-0.3, -0.25) is 9.69 Å². The molecule has 2 aromatic carbocycles. The molecule has 1 saturated carbocycles. The van der Waals surface area contributed by atoms with E-state index in [1.165, 1.54) is 43.2 Å². The van der Waals surface area contributed by atoms with E-state index < -0.39 is 6.10 Å². The van der Waals surface area contributed by atoms with Crippen molar-refractivity contribution in [3.63, 3.8) is 0 Å². The molecule has 2 atom stereocenters. The number of hydrogen-bond acceptors (Lipinski definition) is 4. The molecule has 188 valence electrons. The molecule has 0 saturated heterocycles. The van der Waals surface area contributed by atoms with E-state index in [0.29, 0.717) is 25.7 Å². The number of amides is 1. The Morgan fingerprint density at radius 1 is 1.03 bits per heavy atom. The summed E-state index contributed by atoms with van der Waals surface area (Å²) < 4.78 is 0. The molecule has 2 unspecified atom stereocenters. The predicted molar refractivity (Wildman–Crippen MR) is 142 cm³/mol. The lowest BCUT2D eigenvalue weighted by atomic mass is 9.81. The van der Waals surface area contributed by atoms with Crippen LogP contribution in [0.5, 0.6) is 0 Å². The van der Waals surface area contributed by atoms with Crippen molar-refractivity contribution in [3.8, 4) is 0 Å². The van der Waals surface area contributed by atoms with E-state index in [0.717, 1.165) is 55.1 Å². The van der Waals surface area contributed by atoms with Crippen LogP contribution in [0.3, 0.4) is 0 Å². The molecule has 3 aliphatic rings. The van der Waals surface area contributed by atoms with Gasteiger partial charge in [-0.2, -0.15) is 0 Å². The summed E-state index contributed by atoms with van der Waals surface area (Å²) in [6.07, 6.45) is 9.14. The van der Waals surface area contributed by atoms with Crippen LogP contribution in [0.25, 0.3) is 0 Å². The molecule has 1 aliphatic carbocycles. The number of β-amino-alcohol motifs (C(OH)–C–C–N with tert-alkyl or cyclic N) is 1. The number of nitrogens with one attached hydrogen (secondary N) is 1. The Hall–Kier alpha value is -2.37. The second-order valence-electron chi connectivity index (χ2n) is 10.9. The number of hydrogen-bond donors (Lipinski definition) is 2. The van der Waals surface area contributed by atoms with Gasteiger partial charge in [0.15, 0.2) is 0 Å². The maximum absolute atomic E-state index is 13.4. The number of nitrogens with zero attached hydrogens (tertiary/aromatic N) is 2. The van der Waals surface area contributed by atoms with Gasteiger partial charge in [-0.25, -0.2) is 0 Å². The second kappa shape index (κ2) is 11.1. The van der Waals surface area contributed by atoms with Gasteiger partial charge in [0.05, 0.1) is 6.10 Å². The third-order valence-electron chi connectivity index (χ3n) is 8.40. The molecule has 0 aromatic heterocycles. The third-order valence-corrected chi connectivity index (χ3v) is 8.40. The van der Waals surface area contributed by atoms with Crippen molar-refractivity contribution in [2.45, 2.75) is 77.0 Å². The summed E-state index contributed by atoms with van der Waals surface area (Å²) in [6, 6.07) is 15.3. The molecule has 5 heteroatoms. The lowest BCUT2D eigenvalue weighted by Gasteiger charge is -2.34. The summed E-state index contributed by atoms with van der Waals surface area (Å²) in [6.45, 7) is 5.75. The number of benzene rings is 2. The molecule has 0 spiro atoms. The highest BCUT2D eigenvalue weighted by molar-refractivity contribution is 5.97. The largest absolute Gasteiger partial charge is 0.390 e. The Labute approximate surface area is 210 Å². The number of rotatable bonds is 10. The Bertz CT molecular complexity index is 1020. The number of fused-ring (bicyclic) bond motifs is 2. The second-order valence-corrected chi connectivity index (χ2v) is 10.9. The van der Waals surface area contributed by atoms with Gasteiger partial charge in [-0.05, 0) is 66.8 Å². The molecule has 1 fully saturated rings. The van der Waals surface area contributed by atoms with Gasteiger partial charge >= 0.3 is 0 Å². The lowest BCUT2D eigenvalue weighted by molar-refractivity contribution is 0.0493. The van der Waals surface area contributed by atoms with Gasteiger partial charge in [-0.1, -0.05) is 56.5 Å². The molecule has 1 amide bonds. The fraction of sp³-hybridized carbons (Fsp3) is 0.567. The van der Waals surface area contributed by atoms with Crippen LogP contribution in [0.2, 0.25) is 0 Å². The Morgan fingerprint density at radius 2 is 1.83 bits per heavy atom. The topological polar surface area (TPSA) is 55.8 Å². The molecule has 2 aromatic rings. The molecule has 2 aliphatic heterocycles. The van der Waals surface area contributed by atoms with Crippen LogP contribution in [-0.4, -0.2) is 59.1 Å². The molecular weight excluding hydrogens is 434 g/mol. The zero-order valence-electron chi connectivity index (χ0n) is 21.2. The van der Waals surface area contributed by atoms with E-state index in [1.54, 1.807) is 0 Å². The summed E-state index contributed by atoms with van der Waals surface area (Å²) >= 11 is 0. The monoisotopic (exact) mass is 475 g/mol. The molecule has 35 heavy (non-hydrogen) atoms. The first-order valence-electron chi connectivity index (χ1n) is 13.7. The van der Waals surface area contributed by atoms with E-state index in [-0.39, 0.29) is 5.91 Å². The molecule has 0 bridgehead atoms. The summed E-state index contributed by atoms with van der Waals surface area (Å²) in [5.41, 5.74) is 5.74. The highest BCUT2D eigenvalue weighted by Crippen LogP contribution is 2.32. The number of aliphatic hydroxyl groups is 1. The molecule has 2 heterocycles. The van der Waals surface area contributed by atoms with Crippen molar-refractivity contribution < 1.29 is 9.90 Å². The first-order chi connectivity index (χ1) is 17.1. The highest BCUT2D eigenvalue weighted by Gasteiger charge is 2.28. The number of anilines is 1. The SMILES string of the molecule is CCC(CCC1CCC1)Nc1ccc2c(c1)C(=O)N(CC(O)CN1CCc3ccccc3C1)CC2. The van der Waals surface area contributed by atoms with E-state index in [9.17, 15) is 9.90 Å². The quantitative estimate of drug-likeness (QED) is 0.515. The van der Waals surface area contributed by atoms with Gasteiger partial charge < -0.3 is 15.3 Å². The number of carbonyl (C=O) groups is 1. The van der Waals surface area contributed by atoms with Gasteiger partial charge in [0, 0.05) is 50.0 Å². The standard InChI is InChI=1S/C30H41N3O2/c1-2-26(12-10-22-6-5-7-22)31-27-13-11-24-15-17-33(30(35)29(24)18-27)21-28(34)20-32-16-14-23-8-3-4-9-25(23)19-32/h3-4,8-9,11,13,18,22,26,28,31,34H,2,5-7,10,12,14-17,19-21H2,1H3. The van der Waals surface area contributed by atoms with Crippen LogP contribution in [0.15, 0.2) is 42.5 Å².